The number of nitrogens with zero attached hydrogens (tertiary/aromatic N) is 2. The van der Waals surface area contributed by atoms with Crippen molar-refractivity contribution in [3.63, 3.8) is 0 Å². The Kier molecular flexibility index (Phi) is 8.40. The first-order valence-corrected chi connectivity index (χ1v) is 14.5. The molecule has 0 radical (unpaired) electrons. The summed E-state index contributed by atoms with van der Waals surface area (Å²) in [5.74, 6) is -0.980. The Labute approximate surface area is 222 Å². The molecule has 4 rings (SSSR count). The molecule has 1 amide bonds. The molecule has 4 nitrogen and oxygen atoms in total. The molecule has 0 bridgehead atoms. The molecular weight excluding hydrogens is 470 g/mol. The molecule has 37 heavy (non-hydrogen) atoms. The first-order chi connectivity index (χ1) is 17.3. The monoisotopic (exact) mass is 518 g/mol. The number of rotatable bonds is 6. The number of hydrogen-bond donors (Lipinski definition) is 1. The number of halogens is 2. The van der Waals surface area contributed by atoms with E-state index in [9.17, 15) is 18.7 Å². The number of amides is 1. The van der Waals surface area contributed by atoms with E-state index in [0.717, 1.165) is 44.8 Å². The molecule has 2 unspecified atom stereocenters. The van der Waals surface area contributed by atoms with Crippen LogP contribution in [-0.4, -0.2) is 58.1 Å². The summed E-state index contributed by atoms with van der Waals surface area (Å²) < 4.78 is 28.6. The van der Waals surface area contributed by atoms with E-state index >= 15 is 0 Å². The molecule has 3 fully saturated rings. The van der Waals surface area contributed by atoms with Crippen LogP contribution in [0.25, 0.3) is 0 Å². The minimum absolute atomic E-state index is 0.111. The summed E-state index contributed by atoms with van der Waals surface area (Å²) >= 11 is 0. The second kappa shape index (κ2) is 10.9. The van der Waals surface area contributed by atoms with Crippen LogP contribution in [0.4, 0.5) is 8.78 Å². The van der Waals surface area contributed by atoms with Crippen LogP contribution in [0.3, 0.4) is 0 Å². The average molecular weight is 519 g/mol. The molecule has 2 heterocycles. The fourth-order valence-electron chi connectivity index (χ4n) is 7.26. The van der Waals surface area contributed by atoms with Gasteiger partial charge in [-0.15, -0.1) is 0 Å². The van der Waals surface area contributed by atoms with Crippen molar-refractivity contribution in [1.82, 2.24) is 9.80 Å². The van der Waals surface area contributed by atoms with Gasteiger partial charge in [-0.3, -0.25) is 9.69 Å². The van der Waals surface area contributed by atoms with Gasteiger partial charge in [0.2, 0.25) is 5.91 Å². The summed E-state index contributed by atoms with van der Waals surface area (Å²) in [7, 11) is 0. The number of hydrogen-bond acceptors (Lipinski definition) is 3. The van der Waals surface area contributed by atoms with Crippen LogP contribution < -0.4 is 0 Å². The van der Waals surface area contributed by atoms with Crippen LogP contribution in [0.1, 0.15) is 104 Å². The molecule has 1 aromatic rings. The number of aliphatic hydroxyl groups is 1. The highest BCUT2D eigenvalue weighted by molar-refractivity contribution is 5.81. The van der Waals surface area contributed by atoms with Crippen LogP contribution in [0, 0.1) is 28.9 Å². The molecule has 1 N–H and O–H groups in total. The van der Waals surface area contributed by atoms with E-state index < -0.39 is 17.2 Å². The average Bonchev–Trinajstić information content (AvgIpc) is 3.29. The summed E-state index contributed by atoms with van der Waals surface area (Å²) in [5, 5.41) is 10.5. The first kappa shape index (κ1) is 28.5. The topological polar surface area (TPSA) is 43.8 Å². The summed E-state index contributed by atoms with van der Waals surface area (Å²) in [5.41, 5.74) is -0.183. The highest BCUT2D eigenvalue weighted by Crippen LogP contribution is 2.50. The molecule has 6 heteroatoms. The molecule has 1 aromatic carbocycles. The van der Waals surface area contributed by atoms with Crippen molar-refractivity contribution in [2.45, 2.75) is 109 Å². The Balaban J connectivity index is 1.52. The zero-order valence-corrected chi connectivity index (χ0v) is 23.7. The number of likely N-dealkylation sites (tertiary alicyclic amines) is 2. The number of carbonyl (C=O) groups is 1. The van der Waals surface area contributed by atoms with Crippen LogP contribution in [-0.2, 0) is 4.79 Å². The van der Waals surface area contributed by atoms with Gasteiger partial charge in [0, 0.05) is 43.7 Å². The Bertz CT molecular complexity index is 938. The van der Waals surface area contributed by atoms with Crippen molar-refractivity contribution in [3.05, 3.63) is 35.4 Å². The predicted molar refractivity (Wildman–Crippen MR) is 144 cm³/mol. The Morgan fingerprint density at radius 2 is 1.68 bits per heavy atom. The minimum Gasteiger partial charge on any atom is -0.390 e. The van der Waals surface area contributed by atoms with Gasteiger partial charge in [0.25, 0.3) is 0 Å². The molecule has 1 saturated carbocycles. The lowest BCUT2D eigenvalue weighted by Crippen LogP contribution is -2.49. The standard InChI is InChI=1S/C31H48F2N2O2/c1-29(2,3)35-20-25(24-12-11-23(32)19-27(24)33)26(21-35)28(36)34-17-15-31(16-18-34,14-13-30(4,5)37)22-9-7-6-8-10-22/h11-12,19,22,25-26,37H,6-10,13-18,20-21H2,1-5H3. The van der Waals surface area contributed by atoms with Crippen LogP contribution in [0.15, 0.2) is 18.2 Å². The van der Waals surface area contributed by atoms with E-state index in [1.165, 1.54) is 44.2 Å². The maximum atomic E-state index is 14.9. The van der Waals surface area contributed by atoms with Gasteiger partial charge in [-0.25, -0.2) is 8.78 Å². The summed E-state index contributed by atoms with van der Waals surface area (Å²) in [6.45, 7) is 12.8. The molecule has 3 aliphatic rings. The van der Waals surface area contributed by atoms with Gasteiger partial charge >= 0.3 is 0 Å². The fraction of sp³-hybridized carbons (Fsp3) is 0.774. The van der Waals surface area contributed by atoms with E-state index in [1.54, 1.807) is 0 Å². The Morgan fingerprint density at radius 1 is 1.03 bits per heavy atom. The lowest BCUT2D eigenvalue weighted by Gasteiger charge is -2.49. The Morgan fingerprint density at radius 3 is 2.24 bits per heavy atom. The van der Waals surface area contributed by atoms with Crippen LogP contribution in [0.5, 0.6) is 0 Å². The largest absolute Gasteiger partial charge is 0.390 e. The quantitative estimate of drug-likeness (QED) is 0.466. The van der Waals surface area contributed by atoms with E-state index in [4.69, 9.17) is 0 Å². The van der Waals surface area contributed by atoms with E-state index in [1.807, 2.05) is 18.7 Å². The Hall–Kier alpha value is -1.53. The van der Waals surface area contributed by atoms with Crippen LogP contribution >= 0.6 is 0 Å². The SMILES string of the molecule is CC(C)(O)CCC1(C2CCCCC2)CCN(C(=O)C2CN(C(C)(C)C)CC2c2ccc(F)cc2F)CC1. The predicted octanol–water partition coefficient (Wildman–Crippen LogP) is 6.52. The minimum atomic E-state index is -0.679. The van der Waals surface area contributed by atoms with Gasteiger partial charge in [0.1, 0.15) is 11.6 Å². The smallest absolute Gasteiger partial charge is 0.227 e. The highest BCUT2D eigenvalue weighted by Gasteiger charge is 2.47. The normalized spacial score (nSPS) is 26.0. The summed E-state index contributed by atoms with van der Waals surface area (Å²) in [6.07, 6.45) is 10.1. The van der Waals surface area contributed by atoms with Gasteiger partial charge in [-0.05, 0) is 96.1 Å². The van der Waals surface area contributed by atoms with E-state index in [-0.39, 0.29) is 28.7 Å². The van der Waals surface area contributed by atoms with Gasteiger partial charge in [0.05, 0.1) is 11.5 Å². The fourth-order valence-corrected chi connectivity index (χ4v) is 7.26. The van der Waals surface area contributed by atoms with Gasteiger partial charge < -0.3 is 10.0 Å². The molecule has 1 aliphatic carbocycles. The second-order valence-corrected chi connectivity index (χ2v) is 13.8. The summed E-state index contributed by atoms with van der Waals surface area (Å²) in [6, 6.07) is 3.78. The lowest BCUT2D eigenvalue weighted by atomic mass is 9.61. The number of benzene rings is 1. The van der Waals surface area contributed by atoms with E-state index in [0.29, 0.717) is 24.6 Å². The van der Waals surface area contributed by atoms with Crippen molar-refractivity contribution in [2.75, 3.05) is 26.2 Å². The van der Waals surface area contributed by atoms with Crippen molar-refractivity contribution in [3.8, 4) is 0 Å². The van der Waals surface area contributed by atoms with Gasteiger partial charge in [0.15, 0.2) is 0 Å². The van der Waals surface area contributed by atoms with Crippen molar-refractivity contribution in [1.29, 1.82) is 0 Å². The number of piperidine rings is 1. The van der Waals surface area contributed by atoms with Crippen LogP contribution in [0.2, 0.25) is 0 Å². The third-order valence-corrected chi connectivity index (χ3v) is 9.72. The molecule has 0 spiro atoms. The summed E-state index contributed by atoms with van der Waals surface area (Å²) in [4.78, 5) is 18.3. The zero-order chi connectivity index (χ0) is 27.0. The molecule has 2 saturated heterocycles. The molecular formula is C31H48F2N2O2. The maximum absolute atomic E-state index is 14.9. The second-order valence-electron chi connectivity index (χ2n) is 13.8. The lowest BCUT2D eigenvalue weighted by molar-refractivity contribution is -0.139. The third-order valence-electron chi connectivity index (χ3n) is 9.72. The first-order valence-electron chi connectivity index (χ1n) is 14.5. The molecule has 208 valence electrons. The highest BCUT2D eigenvalue weighted by atomic mass is 19.1. The van der Waals surface area contributed by atoms with Crippen molar-refractivity contribution < 1.29 is 18.7 Å². The number of carbonyl (C=O) groups excluding carboxylic acids is 1. The van der Waals surface area contributed by atoms with Gasteiger partial charge in [-0.1, -0.05) is 25.3 Å². The molecule has 0 aromatic heterocycles. The third kappa shape index (κ3) is 6.55. The van der Waals surface area contributed by atoms with E-state index in [2.05, 4.69) is 25.7 Å². The zero-order valence-electron chi connectivity index (χ0n) is 23.7. The molecule has 2 atom stereocenters. The van der Waals surface area contributed by atoms with Gasteiger partial charge in [-0.2, -0.15) is 0 Å². The maximum Gasteiger partial charge on any atom is 0.227 e. The van der Waals surface area contributed by atoms with Crippen molar-refractivity contribution >= 4 is 5.91 Å². The van der Waals surface area contributed by atoms with Crippen molar-refractivity contribution in [2.24, 2.45) is 17.3 Å². The molecule has 2 aliphatic heterocycles.